The zero-order valence-electron chi connectivity index (χ0n) is 15.4. The maximum absolute atomic E-state index is 12.3. The van der Waals surface area contributed by atoms with Gasteiger partial charge in [-0.25, -0.2) is 0 Å². The van der Waals surface area contributed by atoms with E-state index in [0.717, 1.165) is 32.4 Å². The van der Waals surface area contributed by atoms with Gasteiger partial charge < -0.3 is 0 Å². The first-order chi connectivity index (χ1) is 13.3. The van der Waals surface area contributed by atoms with E-state index >= 15 is 0 Å². The van der Waals surface area contributed by atoms with Gasteiger partial charge in [-0.05, 0) is 0 Å². The minimum absolute atomic E-state index is 0.00885. The van der Waals surface area contributed by atoms with Gasteiger partial charge in [0.1, 0.15) is 0 Å². The Bertz CT molecular complexity index is 1220. The van der Waals surface area contributed by atoms with Crippen molar-refractivity contribution < 1.29 is 45.0 Å². The molecule has 0 saturated heterocycles. The van der Waals surface area contributed by atoms with Crippen molar-refractivity contribution in [3.05, 3.63) is 41.5 Å². The predicted molar refractivity (Wildman–Crippen MR) is 99.6 cm³/mol. The summed E-state index contributed by atoms with van der Waals surface area (Å²) < 4.78 is 75.7. The fourth-order valence-electron chi connectivity index (χ4n) is 2.77. The van der Waals surface area contributed by atoms with Crippen LogP contribution in [0.5, 0.6) is 0 Å². The molecular formula is C16H13NaO10S2. The van der Waals surface area contributed by atoms with E-state index in [9.17, 15) is 35.5 Å². The topological polar surface area (TPSA) is 161 Å². The van der Waals surface area contributed by atoms with Gasteiger partial charge in [-0.1, -0.05) is 0 Å². The summed E-state index contributed by atoms with van der Waals surface area (Å²) in [6, 6.07) is 5.44. The zero-order valence-corrected chi connectivity index (χ0v) is 19.0. The summed E-state index contributed by atoms with van der Waals surface area (Å²) in [7, 11) is -7.58. The van der Waals surface area contributed by atoms with Crippen LogP contribution in [0.25, 0.3) is 11.1 Å². The number of hydrogen-bond acceptors (Lipinski definition) is 8. The van der Waals surface area contributed by atoms with Crippen molar-refractivity contribution in [1.82, 2.24) is 0 Å². The van der Waals surface area contributed by atoms with Crippen LogP contribution < -0.4 is 2.81 Å². The van der Waals surface area contributed by atoms with Crippen LogP contribution in [0.15, 0.2) is 40.1 Å². The summed E-state index contributed by atoms with van der Waals surface area (Å²) in [4.78, 5) is 22.9. The fourth-order valence-corrected chi connectivity index (χ4v) is 5.63. The van der Waals surface area contributed by atoms with Crippen molar-refractivity contribution >= 4 is 62.9 Å². The van der Waals surface area contributed by atoms with E-state index in [1.165, 1.54) is 12.1 Å². The van der Waals surface area contributed by atoms with E-state index in [2.05, 4.69) is 9.47 Å². The summed E-state index contributed by atoms with van der Waals surface area (Å²) >= 11 is 0.00885. The molecule has 0 unspecified atom stereocenters. The Morgan fingerprint density at radius 3 is 1.93 bits per heavy atom. The molecule has 0 radical (unpaired) electrons. The number of benzene rings is 2. The second-order valence-corrected chi connectivity index (χ2v) is 9.54. The SMILES string of the molecule is COC(=O)c1cc(C(=O)OC)c(-c2cccc(S(=O)(=O)O)[c]2[Na])c(S(=O)(=O)O)c1. The van der Waals surface area contributed by atoms with Crippen molar-refractivity contribution in [3.8, 4) is 11.1 Å². The quantitative estimate of drug-likeness (QED) is 0.364. The standard InChI is InChI=1S/C16H13O10S2.Na/c1-25-15(17)10-7-12(16(18)26-2)14(13(8-10)28(22,23)24)9-4-3-5-11(6-9)27(19,20)21;/h3-5,7-8H,1-2H3,(H,19,20,21)(H,22,23,24);. The molecule has 0 aliphatic rings. The number of carbonyl (C=O) groups is 2. The molecule has 0 aliphatic carbocycles. The van der Waals surface area contributed by atoms with Gasteiger partial charge in [0, 0.05) is 0 Å². The Kier molecular flexibility index (Phi) is 6.89. The Labute approximate surface area is 183 Å². The van der Waals surface area contributed by atoms with Gasteiger partial charge in [0.25, 0.3) is 0 Å². The van der Waals surface area contributed by atoms with E-state index in [4.69, 9.17) is 0 Å². The number of esters is 2. The van der Waals surface area contributed by atoms with Crippen molar-refractivity contribution in [2.75, 3.05) is 14.2 Å². The van der Waals surface area contributed by atoms with Gasteiger partial charge in [0.2, 0.25) is 0 Å². The maximum atomic E-state index is 12.3. The molecule has 2 N–H and O–H groups in total. The van der Waals surface area contributed by atoms with Gasteiger partial charge >= 0.3 is 185 Å². The monoisotopic (exact) mass is 452 g/mol. The first-order valence-electron chi connectivity index (χ1n) is 7.72. The summed E-state index contributed by atoms with van der Waals surface area (Å²) in [5.41, 5.74) is -1.20. The zero-order chi connectivity index (χ0) is 22.1. The molecule has 2 rings (SSSR count). The predicted octanol–water partition coefficient (Wildman–Crippen LogP) is 0.214. The van der Waals surface area contributed by atoms with Crippen LogP contribution in [0.2, 0.25) is 0 Å². The molecule has 150 valence electrons. The van der Waals surface area contributed by atoms with Crippen LogP contribution in [0, 0.1) is 0 Å². The Morgan fingerprint density at radius 2 is 1.45 bits per heavy atom. The average Bonchev–Trinajstić information content (AvgIpc) is 2.64. The van der Waals surface area contributed by atoms with Gasteiger partial charge in [-0.15, -0.1) is 0 Å². The van der Waals surface area contributed by atoms with Gasteiger partial charge in [-0.2, -0.15) is 0 Å². The number of carbonyl (C=O) groups excluding carboxylic acids is 2. The Balaban J connectivity index is 3.09. The molecule has 0 bridgehead atoms. The fraction of sp³-hybridized carbons (Fsp3) is 0.125. The molecule has 0 heterocycles. The van der Waals surface area contributed by atoms with E-state index < -0.39 is 47.5 Å². The summed E-state index contributed by atoms with van der Waals surface area (Å²) in [5.74, 6) is -2.03. The molecule has 0 aromatic heterocycles. The number of ether oxygens (including phenoxy) is 2. The molecule has 0 aliphatic heterocycles. The second-order valence-electron chi connectivity index (χ2n) is 5.76. The van der Waals surface area contributed by atoms with E-state index in [-0.39, 0.29) is 47.4 Å². The summed E-state index contributed by atoms with van der Waals surface area (Å²) in [6.07, 6.45) is 0. The van der Waals surface area contributed by atoms with E-state index in [0.29, 0.717) is 0 Å². The van der Waals surface area contributed by atoms with Crippen LogP contribution >= 0.6 is 0 Å². The Hall–Kier alpha value is -1.80. The third-order valence-corrected chi connectivity index (χ3v) is 7.35. The molecular weight excluding hydrogens is 439 g/mol. The van der Waals surface area contributed by atoms with Crippen LogP contribution in [0.3, 0.4) is 0 Å². The van der Waals surface area contributed by atoms with E-state index in [1.54, 1.807) is 0 Å². The molecule has 2 aromatic carbocycles. The molecule has 0 spiro atoms. The normalized spacial score (nSPS) is 11.8. The van der Waals surface area contributed by atoms with Gasteiger partial charge in [0.15, 0.2) is 0 Å². The van der Waals surface area contributed by atoms with Gasteiger partial charge in [0.05, 0.1) is 0 Å². The molecule has 0 atom stereocenters. The molecule has 13 heteroatoms. The third-order valence-electron chi connectivity index (χ3n) is 4.04. The average molecular weight is 452 g/mol. The molecule has 29 heavy (non-hydrogen) atoms. The molecule has 2 aromatic rings. The van der Waals surface area contributed by atoms with Crippen molar-refractivity contribution in [2.45, 2.75) is 9.79 Å². The first-order valence-corrected chi connectivity index (χ1v) is 11.6. The molecule has 0 fully saturated rings. The van der Waals surface area contributed by atoms with Crippen LogP contribution in [-0.2, 0) is 29.7 Å². The molecule has 10 nitrogen and oxygen atoms in total. The molecule has 0 saturated carbocycles. The van der Waals surface area contributed by atoms with Crippen LogP contribution in [0.1, 0.15) is 20.7 Å². The molecule has 0 amide bonds. The van der Waals surface area contributed by atoms with Crippen molar-refractivity contribution in [3.63, 3.8) is 0 Å². The summed E-state index contributed by atoms with van der Waals surface area (Å²) in [6.45, 7) is 0. The number of rotatable bonds is 5. The second kappa shape index (κ2) is 8.52. The minimum atomic E-state index is -4.99. The Morgan fingerprint density at radius 1 is 0.897 bits per heavy atom. The van der Waals surface area contributed by atoms with E-state index in [1.807, 2.05) is 0 Å². The van der Waals surface area contributed by atoms with Crippen molar-refractivity contribution in [2.24, 2.45) is 0 Å². The summed E-state index contributed by atoms with van der Waals surface area (Å²) in [5, 5.41) is 0. The first kappa shape index (κ1) is 23.5. The van der Waals surface area contributed by atoms with Crippen LogP contribution in [0.4, 0.5) is 0 Å². The number of methoxy groups -OCH3 is 2. The number of hydrogen-bond donors (Lipinski definition) is 2. The van der Waals surface area contributed by atoms with Crippen molar-refractivity contribution in [1.29, 1.82) is 0 Å². The van der Waals surface area contributed by atoms with Crippen LogP contribution in [-0.4, -0.2) is 80.0 Å². The third kappa shape index (κ3) is 4.86. The van der Waals surface area contributed by atoms with Gasteiger partial charge in [-0.3, -0.25) is 0 Å².